The lowest BCUT2D eigenvalue weighted by atomic mass is 9.78. The van der Waals surface area contributed by atoms with E-state index in [1.807, 2.05) is 0 Å². The van der Waals surface area contributed by atoms with Crippen molar-refractivity contribution in [3.8, 4) is 0 Å². The van der Waals surface area contributed by atoms with Crippen molar-refractivity contribution in [2.45, 2.75) is 45.1 Å². The van der Waals surface area contributed by atoms with Gasteiger partial charge in [0.2, 0.25) is 0 Å². The summed E-state index contributed by atoms with van der Waals surface area (Å²) in [6, 6.07) is 2.20. The molecule has 1 aromatic heterocycles. The summed E-state index contributed by atoms with van der Waals surface area (Å²) in [6.07, 6.45) is 5.68. The van der Waals surface area contributed by atoms with E-state index >= 15 is 0 Å². The Morgan fingerprint density at radius 2 is 2.33 bits per heavy atom. The fraction of sp³-hybridized carbons (Fsp3) is 0.692. The zero-order valence-electron chi connectivity index (χ0n) is 9.36. The van der Waals surface area contributed by atoms with Crippen molar-refractivity contribution in [1.82, 2.24) is 0 Å². The first-order chi connectivity index (χ1) is 7.25. The highest BCUT2D eigenvalue weighted by Crippen LogP contribution is 2.32. The highest BCUT2D eigenvalue weighted by atomic mass is 32.1. The van der Waals surface area contributed by atoms with Gasteiger partial charge in [-0.2, -0.15) is 11.3 Å². The molecule has 1 saturated carbocycles. The van der Waals surface area contributed by atoms with Crippen molar-refractivity contribution < 1.29 is 5.11 Å². The zero-order chi connectivity index (χ0) is 10.7. The predicted octanol–water partition coefficient (Wildman–Crippen LogP) is 3.48. The van der Waals surface area contributed by atoms with Gasteiger partial charge in [0.15, 0.2) is 0 Å². The SMILES string of the molecule is CC1CCC(O)C(CCc2ccsc2)C1. The minimum Gasteiger partial charge on any atom is -0.393 e. The number of hydrogen-bond donors (Lipinski definition) is 1. The van der Waals surface area contributed by atoms with Crippen LogP contribution in [0, 0.1) is 11.8 Å². The molecule has 0 aliphatic heterocycles. The second-order valence-electron chi connectivity index (χ2n) is 4.92. The summed E-state index contributed by atoms with van der Waals surface area (Å²) < 4.78 is 0. The minimum absolute atomic E-state index is 0.0418. The maximum Gasteiger partial charge on any atom is 0.0568 e. The van der Waals surface area contributed by atoms with Crippen LogP contribution in [-0.4, -0.2) is 11.2 Å². The highest BCUT2D eigenvalue weighted by Gasteiger charge is 2.26. The molecule has 0 spiro atoms. The van der Waals surface area contributed by atoms with Gasteiger partial charge in [-0.3, -0.25) is 0 Å². The van der Waals surface area contributed by atoms with Gasteiger partial charge in [0, 0.05) is 0 Å². The lowest BCUT2D eigenvalue weighted by Gasteiger charge is -2.31. The van der Waals surface area contributed by atoms with Crippen LogP contribution in [0.4, 0.5) is 0 Å². The van der Waals surface area contributed by atoms with Gasteiger partial charge in [-0.05, 0) is 66.3 Å². The van der Waals surface area contributed by atoms with Gasteiger partial charge < -0.3 is 5.11 Å². The molecule has 1 aromatic rings. The molecular formula is C13H20OS. The highest BCUT2D eigenvalue weighted by molar-refractivity contribution is 7.07. The van der Waals surface area contributed by atoms with Crippen LogP contribution >= 0.6 is 11.3 Å². The van der Waals surface area contributed by atoms with Crippen LogP contribution in [0.15, 0.2) is 16.8 Å². The van der Waals surface area contributed by atoms with Gasteiger partial charge in [-0.15, -0.1) is 0 Å². The molecule has 0 bridgehead atoms. The van der Waals surface area contributed by atoms with Gasteiger partial charge in [0.25, 0.3) is 0 Å². The molecule has 1 fully saturated rings. The quantitative estimate of drug-likeness (QED) is 0.833. The van der Waals surface area contributed by atoms with Gasteiger partial charge in [-0.25, -0.2) is 0 Å². The summed E-state index contributed by atoms with van der Waals surface area (Å²) in [5.41, 5.74) is 1.44. The lowest BCUT2D eigenvalue weighted by molar-refractivity contribution is 0.0476. The fourth-order valence-corrected chi connectivity index (χ4v) is 3.28. The Morgan fingerprint density at radius 1 is 1.47 bits per heavy atom. The maximum absolute atomic E-state index is 9.92. The van der Waals surface area contributed by atoms with E-state index in [1.165, 1.54) is 18.4 Å². The molecule has 1 nitrogen and oxygen atoms in total. The van der Waals surface area contributed by atoms with Crippen molar-refractivity contribution >= 4 is 11.3 Å². The number of thiophene rings is 1. The average Bonchev–Trinajstić information content (AvgIpc) is 2.72. The van der Waals surface area contributed by atoms with E-state index in [2.05, 4.69) is 23.8 Å². The number of aliphatic hydroxyl groups excluding tert-OH is 1. The molecule has 3 unspecified atom stereocenters. The summed E-state index contributed by atoms with van der Waals surface area (Å²) in [5.74, 6) is 1.34. The third-order valence-corrected chi connectivity index (χ3v) is 4.32. The maximum atomic E-state index is 9.92. The lowest BCUT2D eigenvalue weighted by Crippen LogP contribution is -2.28. The minimum atomic E-state index is -0.0418. The Balaban J connectivity index is 1.82. The Hall–Kier alpha value is -0.340. The first kappa shape index (κ1) is 11.2. The Morgan fingerprint density at radius 3 is 3.07 bits per heavy atom. The summed E-state index contributed by atoms with van der Waals surface area (Å²) >= 11 is 1.77. The van der Waals surface area contributed by atoms with Gasteiger partial charge in [-0.1, -0.05) is 6.92 Å². The fourth-order valence-electron chi connectivity index (χ4n) is 2.58. The van der Waals surface area contributed by atoms with Crippen LogP contribution in [0.25, 0.3) is 0 Å². The van der Waals surface area contributed by atoms with Crippen LogP contribution in [0.2, 0.25) is 0 Å². The molecule has 1 N–H and O–H groups in total. The van der Waals surface area contributed by atoms with E-state index in [-0.39, 0.29) is 6.10 Å². The van der Waals surface area contributed by atoms with E-state index < -0.39 is 0 Å². The molecular weight excluding hydrogens is 204 g/mol. The third-order valence-electron chi connectivity index (χ3n) is 3.59. The van der Waals surface area contributed by atoms with E-state index in [9.17, 15) is 5.11 Å². The van der Waals surface area contributed by atoms with Crippen molar-refractivity contribution in [2.75, 3.05) is 0 Å². The number of hydrogen-bond acceptors (Lipinski definition) is 2. The van der Waals surface area contributed by atoms with Crippen LogP contribution in [0.5, 0.6) is 0 Å². The molecule has 1 aliphatic rings. The molecule has 1 heterocycles. The molecule has 1 aliphatic carbocycles. The van der Waals surface area contributed by atoms with E-state index in [4.69, 9.17) is 0 Å². The van der Waals surface area contributed by atoms with E-state index in [1.54, 1.807) is 11.3 Å². The van der Waals surface area contributed by atoms with Crippen molar-refractivity contribution in [2.24, 2.45) is 11.8 Å². The topological polar surface area (TPSA) is 20.2 Å². The largest absolute Gasteiger partial charge is 0.393 e. The first-order valence-electron chi connectivity index (χ1n) is 5.95. The van der Waals surface area contributed by atoms with Crippen molar-refractivity contribution in [3.63, 3.8) is 0 Å². The van der Waals surface area contributed by atoms with Gasteiger partial charge in [0.05, 0.1) is 6.10 Å². The third kappa shape index (κ3) is 3.05. The molecule has 0 aromatic carbocycles. The monoisotopic (exact) mass is 224 g/mol. The van der Waals surface area contributed by atoms with Crippen LogP contribution in [0.1, 0.15) is 38.2 Å². The number of aliphatic hydroxyl groups is 1. The van der Waals surface area contributed by atoms with Crippen LogP contribution in [-0.2, 0) is 6.42 Å². The molecule has 0 saturated heterocycles. The molecule has 0 radical (unpaired) electrons. The van der Waals surface area contributed by atoms with Crippen LogP contribution in [0.3, 0.4) is 0 Å². The molecule has 84 valence electrons. The smallest absolute Gasteiger partial charge is 0.0568 e. The first-order valence-corrected chi connectivity index (χ1v) is 6.89. The number of aryl methyl sites for hydroxylation is 1. The normalized spacial score (nSPS) is 31.7. The van der Waals surface area contributed by atoms with E-state index in [0.29, 0.717) is 5.92 Å². The van der Waals surface area contributed by atoms with Crippen molar-refractivity contribution in [1.29, 1.82) is 0 Å². The second kappa shape index (κ2) is 5.13. The Labute approximate surface area is 96.1 Å². The summed E-state index contributed by atoms with van der Waals surface area (Å²) in [6.45, 7) is 2.31. The average molecular weight is 224 g/mol. The van der Waals surface area contributed by atoms with Crippen molar-refractivity contribution in [3.05, 3.63) is 22.4 Å². The zero-order valence-corrected chi connectivity index (χ0v) is 10.2. The molecule has 15 heavy (non-hydrogen) atoms. The molecule has 2 rings (SSSR count). The van der Waals surface area contributed by atoms with Gasteiger partial charge >= 0.3 is 0 Å². The van der Waals surface area contributed by atoms with Crippen LogP contribution < -0.4 is 0 Å². The van der Waals surface area contributed by atoms with E-state index in [0.717, 1.165) is 25.2 Å². The summed E-state index contributed by atoms with van der Waals surface area (Å²) in [5, 5.41) is 14.3. The summed E-state index contributed by atoms with van der Waals surface area (Å²) in [4.78, 5) is 0. The van der Waals surface area contributed by atoms with Gasteiger partial charge in [0.1, 0.15) is 0 Å². The molecule has 2 heteroatoms. The molecule has 0 amide bonds. The number of rotatable bonds is 3. The second-order valence-corrected chi connectivity index (χ2v) is 5.70. The Kier molecular flexibility index (Phi) is 3.81. The predicted molar refractivity (Wildman–Crippen MR) is 65.2 cm³/mol. The molecule has 3 atom stereocenters. The standard InChI is InChI=1S/C13H20OS/c1-10-2-5-13(14)12(8-10)4-3-11-6-7-15-9-11/h6-7,9-10,12-14H,2-5,8H2,1H3. The Bertz CT molecular complexity index is 281. The summed E-state index contributed by atoms with van der Waals surface area (Å²) in [7, 11) is 0.